The fourth-order valence-corrected chi connectivity index (χ4v) is 2.36. The maximum Gasteiger partial charge on any atom is 0.0351 e. The quantitative estimate of drug-likeness (QED) is 0.680. The van der Waals surface area contributed by atoms with Crippen LogP contribution < -0.4 is 0 Å². The molecule has 1 nitrogen and oxygen atoms in total. The van der Waals surface area contributed by atoms with E-state index >= 15 is 0 Å². The summed E-state index contributed by atoms with van der Waals surface area (Å²) in [4.78, 5) is 2.42. The first kappa shape index (κ1) is 12.0. The summed E-state index contributed by atoms with van der Waals surface area (Å²) in [5.41, 5.74) is 1.44. The van der Waals surface area contributed by atoms with Gasteiger partial charge in [-0.15, -0.1) is 11.6 Å². The average Bonchev–Trinajstić information content (AvgIpc) is 2.64. The molecule has 0 aliphatic carbocycles. The van der Waals surface area contributed by atoms with Crippen LogP contribution in [0.1, 0.15) is 19.4 Å². The maximum atomic E-state index is 5.76. The fourth-order valence-electron chi connectivity index (χ4n) is 1.44. The maximum absolute atomic E-state index is 5.76. The predicted molar refractivity (Wildman–Crippen MR) is 65.5 cm³/mol. The van der Waals surface area contributed by atoms with Crippen LogP contribution in [0.15, 0.2) is 16.8 Å². The number of nitrogens with zero attached hydrogens (tertiary/aromatic N) is 1. The Hall–Kier alpha value is -0.0500. The van der Waals surface area contributed by atoms with E-state index in [0.29, 0.717) is 6.04 Å². The predicted octanol–water partition coefficient (Wildman–Crippen LogP) is 3.24. The second kappa shape index (κ2) is 6.44. The zero-order chi connectivity index (χ0) is 10.4. The Morgan fingerprint density at radius 3 is 2.71 bits per heavy atom. The van der Waals surface area contributed by atoms with Crippen molar-refractivity contribution < 1.29 is 0 Å². The first-order valence-electron chi connectivity index (χ1n) is 5.05. The monoisotopic (exact) mass is 231 g/mol. The van der Waals surface area contributed by atoms with Gasteiger partial charge in [-0.25, -0.2) is 0 Å². The topological polar surface area (TPSA) is 3.24 Å². The summed E-state index contributed by atoms with van der Waals surface area (Å²) in [6.07, 6.45) is 1.14. The van der Waals surface area contributed by atoms with Crippen molar-refractivity contribution in [3.05, 3.63) is 22.4 Å². The van der Waals surface area contributed by atoms with Gasteiger partial charge < -0.3 is 0 Å². The van der Waals surface area contributed by atoms with E-state index in [2.05, 4.69) is 35.6 Å². The Morgan fingerprint density at radius 1 is 1.43 bits per heavy atom. The van der Waals surface area contributed by atoms with Gasteiger partial charge in [0.05, 0.1) is 0 Å². The normalized spacial score (nSPS) is 11.5. The summed E-state index contributed by atoms with van der Waals surface area (Å²) in [6.45, 7) is 6.55. The molecule has 0 spiro atoms. The van der Waals surface area contributed by atoms with Crippen molar-refractivity contribution in [2.45, 2.75) is 26.3 Å². The van der Waals surface area contributed by atoms with E-state index in [-0.39, 0.29) is 0 Å². The number of rotatable bonds is 6. The van der Waals surface area contributed by atoms with Crippen molar-refractivity contribution in [2.75, 3.05) is 19.0 Å². The summed E-state index contributed by atoms with van der Waals surface area (Å²) in [5.74, 6) is 0.724. The van der Waals surface area contributed by atoms with Crippen LogP contribution in [0.5, 0.6) is 0 Å². The minimum absolute atomic E-state index is 0.590. The molecule has 0 saturated heterocycles. The van der Waals surface area contributed by atoms with E-state index in [0.717, 1.165) is 25.4 Å². The molecule has 1 aromatic rings. The van der Waals surface area contributed by atoms with Crippen molar-refractivity contribution in [2.24, 2.45) is 0 Å². The van der Waals surface area contributed by atoms with Gasteiger partial charge in [0.1, 0.15) is 0 Å². The van der Waals surface area contributed by atoms with Gasteiger partial charge in [0.25, 0.3) is 0 Å². The van der Waals surface area contributed by atoms with Crippen LogP contribution in [-0.2, 0) is 6.42 Å². The largest absolute Gasteiger partial charge is 0.299 e. The van der Waals surface area contributed by atoms with Crippen molar-refractivity contribution in [3.63, 3.8) is 0 Å². The molecule has 0 atom stereocenters. The zero-order valence-electron chi connectivity index (χ0n) is 8.87. The molecule has 0 aliphatic rings. The van der Waals surface area contributed by atoms with Gasteiger partial charge in [-0.05, 0) is 42.7 Å². The molecule has 0 unspecified atom stereocenters. The molecular formula is C11H18ClNS. The van der Waals surface area contributed by atoms with Crippen LogP contribution in [0.2, 0.25) is 0 Å². The van der Waals surface area contributed by atoms with Crippen LogP contribution >= 0.6 is 22.9 Å². The highest BCUT2D eigenvalue weighted by atomic mass is 35.5. The van der Waals surface area contributed by atoms with Gasteiger partial charge in [-0.2, -0.15) is 11.3 Å². The Kier molecular flexibility index (Phi) is 5.53. The average molecular weight is 232 g/mol. The standard InChI is InChI=1S/C11H18ClNS/c1-10(2)13(7-5-12)6-3-11-4-8-14-9-11/h4,8-10H,3,5-7H2,1-2H3. The van der Waals surface area contributed by atoms with Crippen molar-refractivity contribution in [1.29, 1.82) is 0 Å². The van der Waals surface area contributed by atoms with Gasteiger partial charge in [-0.3, -0.25) is 4.90 Å². The molecule has 0 saturated carbocycles. The Morgan fingerprint density at radius 2 is 2.21 bits per heavy atom. The molecule has 0 fully saturated rings. The lowest BCUT2D eigenvalue weighted by Crippen LogP contribution is -2.34. The van der Waals surface area contributed by atoms with E-state index in [1.54, 1.807) is 11.3 Å². The number of halogens is 1. The summed E-state index contributed by atoms with van der Waals surface area (Å²) < 4.78 is 0. The Bertz CT molecular complexity index is 233. The highest BCUT2D eigenvalue weighted by Gasteiger charge is 2.08. The Balaban J connectivity index is 2.33. The van der Waals surface area contributed by atoms with Gasteiger partial charge in [0.2, 0.25) is 0 Å². The van der Waals surface area contributed by atoms with E-state index in [1.165, 1.54) is 5.56 Å². The summed E-state index contributed by atoms with van der Waals surface area (Å²) in [6, 6.07) is 2.79. The molecule has 0 aliphatic heterocycles. The van der Waals surface area contributed by atoms with Crippen LogP contribution in [0.25, 0.3) is 0 Å². The molecule has 1 rings (SSSR count). The smallest absolute Gasteiger partial charge is 0.0351 e. The van der Waals surface area contributed by atoms with Crippen molar-refractivity contribution >= 4 is 22.9 Å². The third-order valence-electron chi connectivity index (χ3n) is 2.37. The molecule has 14 heavy (non-hydrogen) atoms. The second-order valence-corrected chi connectivity index (χ2v) is 4.86. The van der Waals surface area contributed by atoms with Gasteiger partial charge in [-0.1, -0.05) is 0 Å². The van der Waals surface area contributed by atoms with Gasteiger partial charge in [0, 0.05) is 25.0 Å². The SMILES string of the molecule is CC(C)N(CCCl)CCc1ccsc1. The van der Waals surface area contributed by atoms with E-state index in [4.69, 9.17) is 11.6 Å². The lowest BCUT2D eigenvalue weighted by molar-refractivity contribution is 0.238. The van der Waals surface area contributed by atoms with Crippen LogP contribution in [0.3, 0.4) is 0 Å². The van der Waals surface area contributed by atoms with Gasteiger partial charge >= 0.3 is 0 Å². The molecule has 80 valence electrons. The number of alkyl halides is 1. The van der Waals surface area contributed by atoms with Gasteiger partial charge in [0.15, 0.2) is 0 Å². The van der Waals surface area contributed by atoms with Crippen LogP contribution in [0.4, 0.5) is 0 Å². The molecule has 0 amide bonds. The lowest BCUT2D eigenvalue weighted by Gasteiger charge is -2.25. The summed E-state index contributed by atoms with van der Waals surface area (Å²) in [5, 5.41) is 4.36. The molecule has 1 aromatic heterocycles. The van der Waals surface area contributed by atoms with Crippen molar-refractivity contribution in [1.82, 2.24) is 4.90 Å². The third-order valence-corrected chi connectivity index (χ3v) is 3.27. The molecular weight excluding hydrogens is 214 g/mol. The first-order valence-corrected chi connectivity index (χ1v) is 6.53. The molecule has 0 radical (unpaired) electrons. The minimum atomic E-state index is 0.590. The van der Waals surface area contributed by atoms with Crippen LogP contribution in [0, 0.1) is 0 Å². The second-order valence-electron chi connectivity index (χ2n) is 3.70. The minimum Gasteiger partial charge on any atom is -0.299 e. The zero-order valence-corrected chi connectivity index (χ0v) is 10.4. The number of hydrogen-bond donors (Lipinski definition) is 0. The van der Waals surface area contributed by atoms with E-state index in [9.17, 15) is 0 Å². The molecule has 3 heteroatoms. The first-order chi connectivity index (χ1) is 6.74. The third kappa shape index (κ3) is 3.99. The molecule has 1 heterocycles. The highest BCUT2D eigenvalue weighted by Crippen LogP contribution is 2.08. The summed E-state index contributed by atoms with van der Waals surface area (Å²) in [7, 11) is 0. The van der Waals surface area contributed by atoms with E-state index < -0.39 is 0 Å². The van der Waals surface area contributed by atoms with Crippen molar-refractivity contribution in [3.8, 4) is 0 Å². The lowest BCUT2D eigenvalue weighted by atomic mass is 10.2. The van der Waals surface area contributed by atoms with E-state index in [1.807, 2.05) is 0 Å². The number of hydrogen-bond acceptors (Lipinski definition) is 2. The Labute approximate surface area is 95.7 Å². The fraction of sp³-hybridized carbons (Fsp3) is 0.636. The molecule has 0 aromatic carbocycles. The highest BCUT2D eigenvalue weighted by molar-refractivity contribution is 7.07. The number of thiophene rings is 1. The summed E-state index contributed by atoms with van der Waals surface area (Å²) >= 11 is 7.53. The molecule has 0 bridgehead atoms. The van der Waals surface area contributed by atoms with Crippen LogP contribution in [-0.4, -0.2) is 29.9 Å². The molecule has 0 N–H and O–H groups in total.